The van der Waals surface area contributed by atoms with Gasteiger partial charge in [-0.1, -0.05) is 24.3 Å². The van der Waals surface area contributed by atoms with Crippen LogP contribution in [0.1, 0.15) is 0 Å². The first-order chi connectivity index (χ1) is 11.0. The Labute approximate surface area is 130 Å². The molecule has 3 heterocycles. The first-order valence-electron chi connectivity index (χ1n) is 7.18. The molecule has 4 atom stereocenters. The number of nitrogens with zero attached hydrogens (tertiary/aromatic N) is 2. The van der Waals surface area contributed by atoms with Crippen molar-refractivity contribution in [3.63, 3.8) is 0 Å². The summed E-state index contributed by atoms with van der Waals surface area (Å²) in [6.07, 6.45) is 1.40. The van der Waals surface area contributed by atoms with Gasteiger partial charge in [0.05, 0.1) is 23.6 Å². The second kappa shape index (κ2) is 4.52. The number of para-hydroxylation sites is 1. The van der Waals surface area contributed by atoms with Gasteiger partial charge in [-0.25, -0.2) is 9.69 Å². The number of carboxylic acid groups (broad SMARTS) is 1. The van der Waals surface area contributed by atoms with Gasteiger partial charge in [-0.3, -0.25) is 19.3 Å². The fraction of sp³-hybridized carbons (Fsp3) is 0.250. The minimum Gasteiger partial charge on any atom is -0.465 e. The molecule has 4 unspecified atom stereocenters. The standard InChI is InChI=1S/C16H12N2O5/c19-10-7-6-9-11-12(13(10)18(9)16(22)23)15(21)17(14(11)20)8-4-2-1-3-5-8/h1-7,9,11-13H,(H,22,23). The molecule has 0 aromatic heterocycles. The number of benzene rings is 1. The van der Waals surface area contributed by atoms with Crippen LogP contribution in [0.3, 0.4) is 0 Å². The van der Waals surface area contributed by atoms with Gasteiger partial charge >= 0.3 is 6.09 Å². The fourth-order valence-corrected chi connectivity index (χ4v) is 3.83. The van der Waals surface area contributed by atoms with E-state index in [-0.39, 0.29) is 0 Å². The SMILES string of the molecule is O=C1C=CC2C3C(=O)N(c4ccccc4)C(=O)C3C1N2C(=O)O. The van der Waals surface area contributed by atoms with Crippen LogP contribution in [0.4, 0.5) is 10.5 Å². The predicted molar refractivity (Wildman–Crippen MR) is 77.5 cm³/mol. The van der Waals surface area contributed by atoms with Crippen molar-refractivity contribution in [2.45, 2.75) is 12.1 Å². The average Bonchev–Trinajstić information content (AvgIpc) is 2.95. The van der Waals surface area contributed by atoms with Gasteiger partial charge in [-0.05, 0) is 18.2 Å². The van der Waals surface area contributed by atoms with E-state index in [2.05, 4.69) is 0 Å². The van der Waals surface area contributed by atoms with Gasteiger partial charge in [0.1, 0.15) is 6.04 Å². The van der Waals surface area contributed by atoms with Crippen LogP contribution < -0.4 is 4.90 Å². The summed E-state index contributed by atoms with van der Waals surface area (Å²) in [4.78, 5) is 51.1. The largest absolute Gasteiger partial charge is 0.465 e. The van der Waals surface area contributed by atoms with Crippen LogP contribution in [0.25, 0.3) is 0 Å². The molecule has 2 saturated heterocycles. The van der Waals surface area contributed by atoms with Crippen molar-refractivity contribution in [3.8, 4) is 0 Å². The summed E-state index contributed by atoms with van der Waals surface area (Å²) in [5.74, 6) is -3.21. The van der Waals surface area contributed by atoms with Gasteiger partial charge in [0.15, 0.2) is 5.78 Å². The lowest BCUT2D eigenvalue weighted by atomic mass is 9.90. The summed E-state index contributed by atoms with van der Waals surface area (Å²) in [6, 6.07) is 6.57. The van der Waals surface area contributed by atoms with Crippen LogP contribution in [0.15, 0.2) is 42.5 Å². The molecule has 3 amide bonds. The maximum absolute atomic E-state index is 12.8. The molecule has 23 heavy (non-hydrogen) atoms. The van der Waals surface area contributed by atoms with Gasteiger partial charge in [0.2, 0.25) is 11.8 Å². The highest BCUT2D eigenvalue weighted by Gasteiger charge is 2.65. The zero-order valence-electron chi connectivity index (χ0n) is 11.8. The summed E-state index contributed by atoms with van der Waals surface area (Å²) < 4.78 is 0. The van der Waals surface area contributed by atoms with Gasteiger partial charge in [0, 0.05) is 0 Å². The summed E-state index contributed by atoms with van der Waals surface area (Å²) in [6.45, 7) is 0. The van der Waals surface area contributed by atoms with E-state index in [1.807, 2.05) is 0 Å². The molecule has 0 radical (unpaired) electrons. The van der Waals surface area contributed by atoms with Crippen molar-refractivity contribution in [1.29, 1.82) is 0 Å². The first kappa shape index (κ1) is 13.7. The van der Waals surface area contributed by atoms with Crippen molar-refractivity contribution in [2.24, 2.45) is 11.8 Å². The van der Waals surface area contributed by atoms with E-state index in [4.69, 9.17) is 0 Å². The van der Waals surface area contributed by atoms with Gasteiger partial charge in [-0.2, -0.15) is 0 Å². The number of ketones is 1. The van der Waals surface area contributed by atoms with Crippen molar-refractivity contribution in [3.05, 3.63) is 42.5 Å². The molecule has 1 N–H and O–H groups in total. The number of carbonyl (C=O) groups is 4. The number of hydrogen-bond donors (Lipinski definition) is 1. The fourth-order valence-electron chi connectivity index (χ4n) is 3.83. The monoisotopic (exact) mass is 312 g/mol. The van der Waals surface area contributed by atoms with E-state index in [9.17, 15) is 24.3 Å². The minimum atomic E-state index is -1.29. The molecule has 3 aliphatic rings. The first-order valence-corrected chi connectivity index (χ1v) is 7.18. The van der Waals surface area contributed by atoms with E-state index in [1.54, 1.807) is 30.3 Å². The van der Waals surface area contributed by atoms with E-state index in [1.165, 1.54) is 12.2 Å². The Bertz CT molecular complexity index is 772. The number of carbonyl (C=O) groups excluding carboxylic acids is 3. The number of amides is 3. The highest BCUT2D eigenvalue weighted by atomic mass is 16.4. The maximum atomic E-state index is 12.8. The van der Waals surface area contributed by atoms with Crippen LogP contribution >= 0.6 is 0 Å². The summed E-state index contributed by atoms with van der Waals surface area (Å²) in [5, 5.41) is 9.35. The second-order valence-corrected chi connectivity index (χ2v) is 5.79. The van der Waals surface area contributed by atoms with E-state index in [0.717, 1.165) is 9.80 Å². The number of fused-ring (bicyclic) bond motifs is 5. The van der Waals surface area contributed by atoms with Crippen molar-refractivity contribution < 1.29 is 24.3 Å². The highest BCUT2D eigenvalue weighted by Crippen LogP contribution is 2.46. The average molecular weight is 312 g/mol. The topological polar surface area (TPSA) is 95.0 Å². The number of rotatable bonds is 1. The highest BCUT2D eigenvalue weighted by molar-refractivity contribution is 6.25. The van der Waals surface area contributed by atoms with Gasteiger partial charge < -0.3 is 5.11 Å². The molecule has 2 fully saturated rings. The number of hydrogen-bond acceptors (Lipinski definition) is 4. The van der Waals surface area contributed by atoms with Crippen molar-refractivity contribution >= 4 is 29.4 Å². The van der Waals surface area contributed by atoms with Crippen molar-refractivity contribution in [1.82, 2.24) is 4.90 Å². The molecule has 116 valence electrons. The summed E-state index contributed by atoms with van der Waals surface area (Å²) in [7, 11) is 0. The third-order valence-corrected chi connectivity index (χ3v) is 4.71. The Balaban J connectivity index is 1.81. The molecule has 3 aliphatic heterocycles. The molecular weight excluding hydrogens is 300 g/mol. The Hall–Kier alpha value is -2.96. The molecular formula is C16H12N2O5. The smallest absolute Gasteiger partial charge is 0.408 e. The zero-order chi connectivity index (χ0) is 16.3. The number of anilines is 1. The molecule has 2 bridgehead atoms. The molecule has 0 spiro atoms. The van der Waals surface area contributed by atoms with Crippen LogP contribution in [0.2, 0.25) is 0 Å². The van der Waals surface area contributed by atoms with E-state index < -0.39 is 47.6 Å². The third kappa shape index (κ3) is 1.64. The van der Waals surface area contributed by atoms with Crippen molar-refractivity contribution in [2.75, 3.05) is 4.90 Å². The van der Waals surface area contributed by atoms with Crippen LogP contribution in [-0.2, 0) is 14.4 Å². The Morgan fingerprint density at radius 2 is 1.65 bits per heavy atom. The lowest BCUT2D eigenvalue weighted by Gasteiger charge is -2.30. The van der Waals surface area contributed by atoms with Gasteiger partial charge in [0.25, 0.3) is 0 Å². The summed E-state index contributed by atoms with van der Waals surface area (Å²) in [5.41, 5.74) is 0.438. The molecule has 1 aromatic carbocycles. The van der Waals surface area contributed by atoms with E-state index in [0.29, 0.717) is 5.69 Å². The number of imide groups is 1. The second-order valence-electron chi connectivity index (χ2n) is 5.79. The molecule has 7 heteroatoms. The quantitative estimate of drug-likeness (QED) is 0.769. The van der Waals surface area contributed by atoms with Crippen LogP contribution in [0.5, 0.6) is 0 Å². The maximum Gasteiger partial charge on any atom is 0.408 e. The lowest BCUT2D eigenvalue weighted by molar-refractivity contribution is -0.128. The molecule has 7 nitrogen and oxygen atoms in total. The molecule has 0 aliphatic carbocycles. The normalized spacial score (nSPS) is 31.7. The lowest BCUT2D eigenvalue weighted by Crippen LogP contribution is -2.51. The predicted octanol–water partition coefficient (Wildman–Crippen LogP) is 0.662. The Morgan fingerprint density at radius 1 is 1.00 bits per heavy atom. The summed E-state index contributed by atoms with van der Waals surface area (Å²) >= 11 is 0. The zero-order valence-corrected chi connectivity index (χ0v) is 11.8. The van der Waals surface area contributed by atoms with Gasteiger partial charge in [-0.15, -0.1) is 0 Å². The van der Waals surface area contributed by atoms with Crippen LogP contribution in [0, 0.1) is 11.8 Å². The molecule has 0 saturated carbocycles. The Morgan fingerprint density at radius 3 is 2.30 bits per heavy atom. The Kier molecular flexibility index (Phi) is 2.69. The minimum absolute atomic E-state index is 0.438. The molecule has 4 rings (SSSR count). The van der Waals surface area contributed by atoms with E-state index >= 15 is 0 Å². The van der Waals surface area contributed by atoms with Crippen LogP contribution in [-0.4, -0.2) is 45.8 Å². The molecule has 1 aromatic rings. The third-order valence-electron chi connectivity index (χ3n) is 4.71.